The first-order valence-electron chi connectivity index (χ1n) is 9.75. The highest BCUT2D eigenvalue weighted by molar-refractivity contribution is 5.88. The van der Waals surface area contributed by atoms with Crippen LogP contribution in [0.15, 0.2) is 6.20 Å². The average Bonchev–Trinajstić information content (AvgIpc) is 3.05. The molecular weight excluding hydrogens is 391 g/mol. The van der Waals surface area contributed by atoms with Crippen LogP contribution in [0, 0.1) is 17.8 Å². The summed E-state index contributed by atoms with van der Waals surface area (Å²) in [6, 6.07) is 0.404. The molecule has 4 aliphatic carbocycles. The number of hydrogen-bond acceptors (Lipinski definition) is 5. The average molecular weight is 419 g/mol. The van der Waals surface area contributed by atoms with Gasteiger partial charge in [0.1, 0.15) is 5.56 Å². The summed E-state index contributed by atoms with van der Waals surface area (Å²) in [7, 11) is 0. The molecule has 0 radical (unpaired) electrons. The Kier molecular flexibility index (Phi) is 5.51. The summed E-state index contributed by atoms with van der Waals surface area (Å²) in [5, 5.41) is 31.2. The van der Waals surface area contributed by atoms with E-state index in [0.717, 1.165) is 25.2 Å². The number of carboxylic acid groups (broad SMARTS) is 1. The number of hydrogen-bond donors (Lipinski definition) is 4. The van der Waals surface area contributed by atoms with Crippen molar-refractivity contribution >= 4 is 5.97 Å². The first-order chi connectivity index (χ1) is 13.3. The molecule has 0 aliphatic heterocycles. The van der Waals surface area contributed by atoms with Crippen LogP contribution in [0.1, 0.15) is 62.0 Å². The molecule has 5 N–H and O–H groups in total. The molecule has 164 valence electrons. The normalized spacial score (nSPS) is 33.4. The Hall–Kier alpha value is -1.65. The van der Waals surface area contributed by atoms with Gasteiger partial charge in [-0.2, -0.15) is 18.3 Å². The lowest BCUT2D eigenvalue weighted by Gasteiger charge is -2.57. The summed E-state index contributed by atoms with van der Waals surface area (Å²) in [5.74, 6) is 0.368. The van der Waals surface area contributed by atoms with Crippen LogP contribution >= 0.6 is 0 Å². The van der Waals surface area contributed by atoms with Crippen molar-refractivity contribution in [2.24, 2.45) is 23.5 Å². The van der Waals surface area contributed by atoms with Gasteiger partial charge in [0.2, 0.25) is 0 Å². The van der Waals surface area contributed by atoms with Crippen molar-refractivity contribution in [2.75, 3.05) is 6.61 Å². The predicted molar refractivity (Wildman–Crippen MR) is 97.1 cm³/mol. The molecule has 4 saturated carbocycles. The van der Waals surface area contributed by atoms with Crippen LogP contribution in [0.25, 0.3) is 0 Å². The fourth-order valence-electron chi connectivity index (χ4n) is 5.32. The fourth-order valence-corrected chi connectivity index (χ4v) is 5.32. The Morgan fingerprint density at radius 2 is 1.83 bits per heavy atom. The topological polar surface area (TPSA) is 122 Å². The highest BCUT2D eigenvalue weighted by Crippen LogP contribution is 2.54. The molecule has 0 spiro atoms. The molecule has 1 aromatic heterocycles. The summed E-state index contributed by atoms with van der Waals surface area (Å²) in [4.78, 5) is 10.7. The zero-order valence-corrected chi connectivity index (χ0v) is 16.5. The molecule has 2 unspecified atom stereocenters. The van der Waals surface area contributed by atoms with Gasteiger partial charge in [0.05, 0.1) is 23.9 Å². The smallest absolute Gasteiger partial charge is 0.433 e. The molecule has 4 aliphatic rings. The number of carbonyl (C=O) groups is 1. The van der Waals surface area contributed by atoms with Gasteiger partial charge in [0.25, 0.3) is 0 Å². The molecule has 29 heavy (non-hydrogen) atoms. The third kappa shape index (κ3) is 4.15. The Morgan fingerprint density at radius 3 is 2.24 bits per heavy atom. The predicted octanol–water partition coefficient (Wildman–Crippen LogP) is 2.21. The molecule has 2 atom stereocenters. The van der Waals surface area contributed by atoms with Crippen molar-refractivity contribution in [1.82, 2.24) is 9.78 Å². The summed E-state index contributed by atoms with van der Waals surface area (Å²) in [6.07, 6.45) is 1.40. The molecule has 0 saturated heterocycles. The Bertz CT molecular complexity index is 761. The zero-order valence-electron chi connectivity index (χ0n) is 16.5. The van der Waals surface area contributed by atoms with E-state index in [-0.39, 0.29) is 5.60 Å². The van der Waals surface area contributed by atoms with Gasteiger partial charge in [-0.25, -0.2) is 4.79 Å². The van der Waals surface area contributed by atoms with Crippen LogP contribution < -0.4 is 5.73 Å². The highest BCUT2D eigenvalue weighted by Gasteiger charge is 2.53. The van der Waals surface area contributed by atoms with E-state index in [1.54, 1.807) is 0 Å². The number of carboxylic acids is 1. The summed E-state index contributed by atoms with van der Waals surface area (Å²) >= 11 is 0. The molecule has 7 nitrogen and oxygen atoms in total. The van der Waals surface area contributed by atoms with E-state index in [1.807, 2.05) is 0 Å². The van der Waals surface area contributed by atoms with E-state index >= 15 is 0 Å². The quantitative estimate of drug-likeness (QED) is 0.596. The Balaban J connectivity index is 0.000000174. The van der Waals surface area contributed by atoms with Crippen LogP contribution in [-0.2, 0) is 11.7 Å². The minimum absolute atomic E-state index is 0.299. The molecule has 10 heteroatoms. The van der Waals surface area contributed by atoms with Gasteiger partial charge in [0, 0.05) is 6.04 Å². The summed E-state index contributed by atoms with van der Waals surface area (Å²) in [5.41, 5.74) is 2.18. The van der Waals surface area contributed by atoms with Crippen LogP contribution in [0.3, 0.4) is 0 Å². The third-order valence-corrected chi connectivity index (χ3v) is 6.54. The molecule has 0 amide bonds. The summed E-state index contributed by atoms with van der Waals surface area (Å²) in [6.45, 7) is 2.04. The van der Waals surface area contributed by atoms with Crippen molar-refractivity contribution in [3.8, 4) is 0 Å². The van der Waals surface area contributed by atoms with Crippen molar-refractivity contribution in [1.29, 1.82) is 0 Å². The maximum absolute atomic E-state index is 12.8. The molecule has 4 fully saturated rings. The minimum atomic E-state index is -4.85. The number of aromatic nitrogens is 2. The standard InChI is InChI=1S/C10H17NO.C9H11F3N2O3/c11-9-7-1-6-2-8(9)5-10(12,3-6)4-7;1-8(2,4-15)14-6(9(10,11)12)5(3-13-14)7(16)17/h6-9,12H,1-5,11H2;3,15H,4H2,1-2H3,(H,16,17). The molecular formula is C19H28F3N3O4. The van der Waals surface area contributed by atoms with Crippen molar-refractivity contribution in [2.45, 2.75) is 69.3 Å². The van der Waals surface area contributed by atoms with Gasteiger partial charge >= 0.3 is 12.1 Å². The molecule has 4 bridgehead atoms. The summed E-state index contributed by atoms with van der Waals surface area (Å²) < 4.78 is 38.8. The van der Waals surface area contributed by atoms with Crippen molar-refractivity contribution in [3.05, 3.63) is 17.5 Å². The molecule has 1 heterocycles. The lowest BCUT2D eigenvalue weighted by molar-refractivity contribution is -0.147. The Labute approximate surface area is 166 Å². The largest absolute Gasteiger partial charge is 0.478 e. The number of rotatable bonds is 3. The number of aromatic carboxylic acids is 1. The van der Waals surface area contributed by atoms with E-state index in [2.05, 4.69) is 5.10 Å². The van der Waals surface area contributed by atoms with Crippen LogP contribution in [-0.4, -0.2) is 49.3 Å². The number of nitrogens with two attached hydrogens (primary N) is 1. The number of aliphatic hydroxyl groups is 2. The molecule has 5 rings (SSSR count). The number of nitrogens with zero attached hydrogens (tertiary/aromatic N) is 2. The van der Waals surface area contributed by atoms with Gasteiger partial charge in [0.15, 0.2) is 5.69 Å². The SMILES string of the molecule is CC(C)(CO)n1ncc(C(=O)O)c1C(F)(F)F.NC1C2CC3CC1CC(O)(C3)C2. The van der Waals surface area contributed by atoms with Gasteiger partial charge < -0.3 is 21.1 Å². The Morgan fingerprint density at radius 1 is 1.28 bits per heavy atom. The minimum Gasteiger partial charge on any atom is -0.478 e. The van der Waals surface area contributed by atoms with E-state index in [0.29, 0.717) is 28.8 Å². The van der Waals surface area contributed by atoms with E-state index in [9.17, 15) is 23.1 Å². The second kappa shape index (κ2) is 7.24. The molecule has 1 aromatic rings. The fraction of sp³-hybridized carbons (Fsp3) is 0.789. The van der Waals surface area contributed by atoms with Crippen LogP contribution in [0.5, 0.6) is 0 Å². The number of alkyl halides is 3. The van der Waals surface area contributed by atoms with Gasteiger partial charge in [-0.3, -0.25) is 4.68 Å². The lowest BCUT2D eigenvalue weighted by Crippen LogP contribution is -2.59. The first kappa shape index (κ1) is 22.0. The number of aliphatic hydroxyl groups excluding tert-OH is 1. The monoisotopic (exact) mass is 419 g/mol. The van der Waals surface area contributed by atoms with E-state index < -0.39 is 35.5 Å². The van der Waals surface area contributed by atoms with Crippen molar-refractivity contribution < 1.29 is 33.3 Å². The number of halogens is 3. The van der Waals surface area contributed by atoms with E-state index in [4.69, 9.17) is 15.9 Å². The lowest BCUT2D eigenvalue weighted by atomic mass is 9.52. The van der Waals surface area contributed by atoms with Gasteiger partial charge in [-0.15, -0.1) is 0 Å². The van der Waals surface area contributed by atoms with Gasteiger partial charge in [-0.1, -0.05) is 0 Å². The zero-order chi connectivity index (χ0) is 21.8. The maximum atomic E-state index is 12.8. The van der Waals surface area contributed by atoms with Gasteiger partial charge in [-0.05, 0) is 63.7 Å². The first-order valence-corrected chi connectivity index (χ1v) is 9.75. The molecule has 0 aromatic carbocycles. The maximum Gasteiger partial charge on any atom is 0.433 e. The van der Waals surface area contributed by atoms with E-state index in [1.165, 1.54) is 26.7 Å². The second-order valence-corrected chi connectivity index (χ2v) is 9.36. The van der Waals surface area contributed by atoms with Crippen LogP contribution in [0.2, 0.25) is 0 Å². The third-order valence-electron chi connectivity index (χ3n) is 6.54. The second-order valence-electron chi connectivity index (χ2n) is 9.36. The van der Waals surface area contributed by atoms with Crippen LogP contribution in [0.4, 0.5) is 13.2 Å². The highest BCUT2D eigenvalue weighted by atomic mass is 19.4. The van der Waals surface area contributed by atoms with Crippen molar-refractivity contribution in [3.63, 3.8) is 0 Å².